The van der Waals surface area contributed by atoms with E-state index in [1.165, 1.54) is 0 Å². The molecule has 168 valence electrons. The summed E-state index contributed by atoms with van der Waals surface area (Å²) in [7, 11) is 0. The molecule has 3 atom stereocenters. The van der Waals surface area contributed by atoms with E-state index in [4.69, 9.17) is 19.1 Å². The van der Waals surface area contributed by atoms with Crippen molar-refractivity contribution in [2.75, 3.05) is 31.6 Å². The van der Waals surface area contributed by atoms with Gasteiger partial charge >= 0.3 is 12.1 Å². The van der Waals surface area contributed by atoms with E-state index in [2.05, 4.69) is 15.3 Å². The third kappa shape index (κ3) is 5.51. The predicted octanol–water partition coefficient (Wildman–Crippen LogP) is 2.21. The molecule has 2 aliphatic heterocycles. The Hall–Kier alpha value is -3.15. The van der Waals surface area contributed by atoms with Gasteiger partial charge in [0.1, 0.15) is 0 Å². The molecule has 0 unspecified atom stereocenters. The molecule has 0 saturated carbocycles. The number of nitrogens with zero attached hydrogens (tertiary/aromatic N) is 3. The summed E-state index contributed by atoms with van der Waals surface area (Å²) in [5.74, 6) is -1.07. The van der Waals surface area contributed by atoms with Crippen molar-refractivity contribution in [3.63, 3.8) is 0 Å². The van der Waals surface area contributed by atoms with Crippen LogP contribution in [-0.4, -0.2) is 70.4 Å². The van der Waals surface area contributed by atoms with E-state index in [9.17, 15) is 18.0 Å². The minimum Gasteiger partial charge on any atom is -0.475 e. The molecule has 2 aliphatic rings. The van der Waals surface area contributed by atoms with E-state index >= 15 is 0 Å². The molecular formula is C19H21F3N4O5. The van der Waals surface area contributed by atoms with E-state index in [-0.39, 0.29) is 12.0 Å². The molecule has 12 heteroatoms. The largest absolute Gasteiger partial charge is 0.490 e. The maximum absolute atomic E-state index is 12.6. The molecule has 1 amide bonds. The zero-order chi connectivity index (χ0) is 22.6. The molecule has 9 nitrogen and oxygen atoms in total. The van der Waals surface area contributed by atoms with Crippen LogP contribution in [0, 0.1) is 18.8 Å². The Balaban J connectivity index is 0.000000339. The van der Waals surface area contributed by atoms with Crippen LogP contribution in [0.3, 0.4) is 0 Å². The van der Waals surface area contributed by atoms with Crippen LogP contribution in [0.5, 0.6) is 0 Å². The van der Waals surface area contributed by atoms with Crippen molar-refractivity contribution in [1.82, 2.24) is 14.9 Å². The van der Waals surface area contributed by atoms with Crippen LogP contribution in [-0.2, 0) is 9.53 Å². The Morgan fingerprint density at radius 1 is 1.29 bits per heavy atom. The molecule has 2 fully saturated rings. The second-order valence-electron chi connectivity index (χ2n) is 7.19. The monoisotopic (exact) mass is 442 g/mol. The maximum Gasteiger partial charge on any atom is 0.490 e. The van der Waals surface area contributed by atoms with Crippen molar-refractivity contribution in [3.05, 3.63) is 42.1 Å². The van der Waals surface area contributed by atoms with Crippen molar-refractivity contribution < 1.29 is 37.0 Å². The van der Waals surface area contributed by atoms with Gasteiger partial charge < -0.3 is 24.5 Å². The zero-order valence-electron chi connectivity index (χ0n) is 16.5. The SMILES string of the molecule is Cc1ccoc1C(=O)N1C[C@@H]2[C@@H](CNc3ncccn3)CO[C@@H]2C1.O=C(O)C(F)(F)F. The summed E-state index contributed by atoms with van der Waals surface area (Å²) in [6.45, 7) is 4.66. The number of carboxylic acid groups (broad SMARTS) is 1. The summed E-state index contributed by atoms with van der Waals surface area (Å²) in [4.78, 5) is 31.7. The van der Waals surface area contributed by atoms with Gasteiger partial charge in [0.05, 0.1) is 19.0 Å². The Bertz CT molecular complexity index is 905. The van der Waals surface area contributed by atoms with Gasteiger partial charge in [-0.15, -0.1) is 0 Å². The fourth-order valence-corrected chi connectivity index (χ4v) is 3.52. The molecule has 4 heterocycles. The highest BCUT2D eigenvalue weighted by Crippen LogP contribution is 2.34. The smallest absolute Gasteiger partial charge is 0.475 e. The summed E-state index contributed by atoms with van der Waals surface area (Å²) in [5.41, 5.74) is 0.873. The number of aliphatic carboxylic acids is 1. The number of fused-ring (bicyclic) bond motifs is 1. The number of nitrogens with one attached hydrogen (secondary N) is 1. The summed E-state index contributed by atoms with van der Waals surface area (Å²) < 4.78 is 43.0. The first-order valence-electron chi connectivity index (χ1n) is 9.42. The number of ether oxygens (including phenoxy) is 1. The minimum atomic E-state index is -5.08. The normalized spacial score (nSPS) is 22.5. The van der Waals surface area contributed by atoms with Crippen LogP contribution < -0.4 is 5.32 Å². The average Bonchev–Trinajstić information content (AvgIpc) is 3.42. The number of alkyl halides is 3. The average molecular weight is 442 g/mol. The third-order valence-corrected chi connectivity index (χ3v) is 5.11. The Morgan fingerprint density at radius 2 is 1.97 bits per heavy atom. The van der Waals surface area contributed by atoms with Crippen molar-refractivity contribution in [2.24, 2.45) is 11.8 Å². The highest BCUT2D eigenvalue weighted by Gasteiger charge is 2.45. The van der Waals surface area contributed by atoms with Crippen LogP contribution in [0.4, 0.5) is 19.1 Å². The molecular weight excluding hydrogens is 421 g/mol. The number of rotatable bonds is 4. The van der Waals surface area contributed by atoms with Gasteiger partial charge in [0.15, 0.2) is 5.76 Å². The van der Waals surface area contributed by atoms with Crippen LogP contribution in [0.15, 0.2) is 35.2 Å². The van der Waals surface area contributed by atoms with Crippen molar-refractivity contribution in [2.45, 2.75) is 19.2 Å². The predicted molar refractivity (Wildman–Crippen MR) is 100 cm³/mol. The van der Waals surface area contributed by atoms with Crippen LogP contribution in [0.2, 0.25) is 0 Å². The molecule has 2 aromatic heterocycles. The Kier molecular flexibility index (Phi) is 6.78. The Morgan fingerprint density at radius 3 is 2.55 bits per heavy atom. The number of furan rings is 1. The van der Waals surface area contributed by atoms with Crippen molar-refractivity contribution >= 4 is 17.8 Å². The topological polar surface area (TPSA) is 118 Å². The first-order valence-corrected chi connectivity index (χ1v) is 9.42. The van der Waals surface area contributed by atoms with Crippen LogP contribution in [0.25, 0.3) is 0 Å². The van der Waals surface area contributed by atoms with E-state index in [0.717, 1.165) is 12.1 Å². The quantitative estimate of drug-likeness (QED) is 0.740. The van der Waals surface area contributed by atoms with Gasteiger partial charge in [-0.05, 0) is 19.1 Å². The minimum absolute atomic E-state index is 0.0476. The van der Waals surface area contributed by atoms with Gasteiger partial charge in [0.25, 0.3) is 5.91 Å². The number of aromatic nitrogens is 2. The number of aryl methyl sites for hydroxylation is 1. The summed E-state index contributed by atoms with van der Waals surface area (Å²) in [6, 6.07) is 3.60. The second kappa shape index (κ2) is 9.33. The lowest BCUT2D eigenvalue weighted by atomic mass is 9.93. The van der Waals surface area contributed by atoms with Gasteiger partial charge in [-0.1, -0.05) is 0 Å². The van der Waals surface area contributed by atoms with E-state index in [1.54, 1.807) is 24.7 Å². The van der Waals surface area contributed by atoms with Crippen molar-refractivity contribution in [3.8, 4) is 0 Å². The first kappa shape index (κ1) is 22.5. The fourth-order valence-electron chi connectivity index (χ4n) is 3.52. The van der Waals surface area contributed by atoms with Gasteiger partial charge in [-0.3, -0.25) is 4.79 Å². The zero-order valence-corrected chi connectivity index (χ0v) is 16.5. The maximum atomic E-state index is 12.6. The molecule has 0 bridgehead atoms. The number of amides is 1. The highest BCUT2D eigenvalue weighted by molar-refractivity contribution is 5.93. The molecule has 4 rings (SSSR count). The number of carbonyl (C=O) groups is 2. The standard InChI is InChI=1S/C17H20N4O3.C2HF3O2/c1-11-3-6-23-15(11)16(22)21-8-13-12(10-24-14(13)9-21)7-20-17-18-4-2-5-19-17;3-2(4,5)1(6)7/h2-6,12-14H,7-10H2,1H3,(H,18,19,20);(H,6,7)/t12-,13+,14+;/m0./s1. The number of halogens is 3. The lowest BCUT2D eigenvalue weighted by molar-refractivity contribution is -0.192. The molecule has 0 aliphatic carbocycles. The van der Waals surface area contributed by atoms with Gasteiger partial charge in [-0.25, -0.2) is 14.8 Å². The van der Waals surface area contributed by atoms with Crippen LogP contribution in [0.1, 0.15) is 16.1 Å². The number of anilines is 1. The van der Waals surface area contributed by atoms with Crippen LogP contribution >= 0.6 is 0 Å². The molecule has 31 heavy (non-hydrogen) atoms. The molecule has 2 saturated heterocycles. The summed E-state index contributed by atoms with van der Waals surface area (Å²) >= 11 is 0. The lowest BCUT2D eigenvalue weighted by Crippen LogP contribution is -2.32. The molecule has 2 aromatic rings. The summed E-state index contributed by atoms with van der Waals surface area (Å²) in [5, 5.41) is 10.4. The van der Waals surface area contributed by atoms with E-state index < -0.39 is 12.1 Å². The number of hydrogen-bond donors (Lipinski definition) is 2. The third-order valence-electron chi connectivity index (χ3n) is 5.11. The molecule has 0 aromatic carbocycles. The van der Waals surface area contributed by atoms with Gasteiger partial charge in [0, 0.05) is 49.4 Å². The summed E-state index contributed by atoms with van der Waals surface area (Å²) in [6.07, 6.45) is 0.00560. The Labute approximate surface area is 175 Å². The number of carboxylic acids is 1. The van der Waals surface area contributed by atoms with Crippen molar-refractivity contribution in [1.29, 1.82) is 0 Å². The number of hydrogen-bond acceptors (Lipinski definition) is 7. The van der Waals surface area contributed by atoms with E-state index in [0.29, 0.717) is 43.2 Å². The number of likely N-dealkylation sites (tertiary alicyclic amines) is 1. The molecule has 0 radical (unpaired) electrons. The molecule has 0 spiro atoms. The van der Waals surface area contributed by atoms with E-state index in [1.807, 2.05) is 17.9 Å². The first-order chi connectivity index (χ1) is 14.7. The van der Waals surface area contributed by atoms with Gasteiger partial charge in [0.2, 0.25) is 5.95 Å². The van der Waals surface area contributed by atoms with Gasteiger partial charge in [-0.2, -0.15) is 13.2 Å². The lowest BCUT2D eigenvalue weighted by Gasteiger charge is -2.19. The second-order valence-corrected chi connectivity index (χ2v) is 7.19. The highest BCUT2D eigenvalue weighted by atomic mass is 19.4. The molecule has 2 N–H and O–H groups in total. The number of carbonyl (C=O) groups excluding carboxylic acids is 1. The fraction of sp³-hybridized carbons (Fsp3) is 0.474.